The quantitative estimate of drug-likeness (QED) is 0.393. The molecule has 0 aromatic rings. The highest BCUT2D eigenvalue weighted by Gasteiger charge is 2.40. The molecular weight excluding hydrogens is 322 g/mol. The number of hydrogen-bond acceptors (Lipinski definition) is 7. The summed E-state index contributed by atoms with van der Waals surface area (Å²) in [5, 5.41) is 0. The van der Waals surface area contributed by atoms with Gasteiger partial charge >= 0.3 is 0 Å². The molecule has 1 heterocycles. The van der Waals surface area contributed by atoms with Gasteiger partial charge in [-0.3, -0.25) is 0 Å². The fraction of sp³-hybridized carbons (Fsp3) is 1.00. The van der Waals surface area contributed by atoms with E-state index >= 15 is 0 Å². The lowest BCUT2D eigenvalue weighted by atomic mass is 10.1. The average molecular weight is 346 g/mol. The lowest BCUT2D eigenvalue weighted by Gasteiger charge is -2.26. The largest absolute Gasteiger partial charge is 0.382 e. The van der Waals surface area contributed by atoms with E-state index in [4.69, 9.17) is 30.7 Å². The monoisotopic (exact) mass is 345 g/mol. The number of nitrogens with zero attached hydrogens (tertiary/aromatic N) is 1. The highest BCUT2D eigenvalue weighted by Crippen LogP contribution is 2.26. The Hall–Kier alpha value is 0.0400. The van der Waals surface area contributed by atoms with E-state index in [2.05, 4.69) is 0 Å². The molecule has 1 saturated heterocycles. The fourth-order valence-corrected chi connectivity index (χ4v) is 3.83. The lowest BCUT2D eigenvalue weighted by molar-refractivity contribution is 0.0284. The molecule has 1 aliphatic heterocycles. The van der Waals surface area contributed by atoms with Crippen molar-refractivity contribution in [3.63, 3.8) is 0 Å². The maximum atomic E-state index is 12.0. The summed E-state index contributed by atoms with van der Waals surface area (Å²) in [4.78, 5) is 0. The molecule has 0 N–H and O–H groups in total. The topological polar surface area (TPSA) is 74.3 Å². The highest BCUT2D eigenvalue weighted by atomic mass is 35.5. The van der Waals surface area contributed by atoms with Crippen LogP contribution in [0, 0.1) is 0 Å². The molecule has 1 rings (SSSR count). The normalized spacial score (nSPS) is 23.8. The van der Waals surface area contributed by atoms with E-state index in [-0.39, 0.29) is 24.8 Å². The Morgan fingerprint density at radius 2 is 1.81 bits per heavy atom. The Morgan fingerprint density at radius 3 is 2.38 bits per heavy atom. The molecule has 1 aliphatic rings. The van der Waals surface area contributed by atoms with E-state index in [0.29, 0.717) is 33.0 Å². The summed E-state index contributed by atoms with van der Waals surface area (Å²) >= 11 is 5.96. The predicted molar refractivity (Wildman–Crippen MR) is 79.1 cm³/mol. The molecule has 1 atom stereocenters. The number of sulfone groups is 1. The fourth-order valence-electron chi connectivity index (χ4n) is 1.88. The Balaban J connectivity index is 2.16. The smallest absolute Gasteiger partial charge is 0.154 e. The van der Waals surface area contributed by atoms with Gasteiger partial charge in [0.25, 0.3) is 0 Å². The number of halogens is 1. The van der Waals surface area contributed by atoms with Crippen molar-refractivity contribution in [2.75, 3.05) is 65.0 Å². The van der Waals surface area contributed by atoms with Gasteiger partial charge in [0.05, 0.1) is 56.7 Å². The average Bonchev–Trinajstić information content (AvgIpc) is 2.71. The van der Waals surface area contributed by atoms with Crippen molar-refractivity contribution in [3.05, 3.63) is 0 Å². The van der Waals surface area contributed by atoms with Gasteiger partial charge in [-0.1, -0.05) is 0 Å². The van der Waals surface area contributed by atoms with Crippen LogP contribution in [0.15, 0.2) is 0 Å². The summed E-state index contributed by atoms with van der Waals surface area (Å²) in [6.45, 7) is 4.29. The highest BCUT2D eigenvalue weighted by molar-refractivity contribution is 7.91. The van der Waals surface area contributed by atoms with Crippen molar-refractivity contribution in [1.82, 2.24) is 4.42 Å². The zero-order chi connectivity index (χ0) is 15.8. The van der Waals surface area contributed by atoms with Crippen LogP contribution in [-0.4, -0.2) is 83.4 Å². The van der Waals surface area contributed by atoms with Crippen molar-refractivity contribution in [3.8, 4) is 0 Å². The second kappa shape index (κ2) is 9.24. The van der Waals surface area contributed by atoms with Crippen molar-refractivity contribution in [2.24, 2.45) is 0 Å². The molecule has 7 nitrogen and oxygen atoms in total. The van der Waals surface area contributed by atoms with Crippen LogP contribution in [-0.2, 0) is 28.8 Å². The number of hydrogen-bond donors (Lipinski definition) is 0. The summed E-state index contributed by atoms with van der Waals surface area (Å²) in [5.41, 5.74) is -0.677. The van der Waals surface area contributed by atoms with E-state index in [0.717, 1.165) is 0 Å². The van der Waals surface area contributed by atoms with Gasteiger partial charge in [0.2, 0.25) is 0 Å². The minimum Gasteiger partial charge on any atom is -0.382 e. The Bertz CT molecular complexity index is 393. The molecule has 0 amide bonds. The van der Waals surface area contributed by atoms with Crippen LogP contribution < -0.4 is 0 Å². The van der Waals surface area contributed by atoms with Gasteiger partial charge in [-0.2, -0.15) is 4.42 Å². The van der Waals surface area contributed by atoms with Crippen LogP contribution in [0.5, 0.6) is 0 Å². The summed E-state index contributed by atoms with van der Waals surface area (Å²) in [6, 6.07) is 0. The van der Waals surface area contributed by atoms with E-state index in [1.807, 2.05) is 0 Å². The van der Waals surface area contributed by atoms with Gasteiger partial charge in [-0.25, -0.2) is 8.42 Å². The first kappa shape index (κ1) is 19.1. The second-order valence-corrected chi connectivity index (χ2v) is 7.74. The molecule has 0 aromatic carbocycles. The summed E-state index contributed by atoms with van der Waals surface area (Å²) < 4.78 is 45.9. The third-order valence-electron chi connectivity index (χ3n) is 3.08. The molecule has 0 aliphatic carbocycles. The predicted octanol–water partition coefficient (Wildman–Crippen LogP) is 0.283. The molecule has 1 unspecified atom stereocenters. The van der Waals surface area contributed by atoms with E-state index in [1.54, 1.807) is 14.0 Å². The molecule has 0 saturated carbocycles. The second-order valence-electron chi connectivity index (χ2n) is 5.15. The standard InChI is InChI=1S/C12H24ClNO6S/c1-12(9-20-11-14(12)13)10-21(15,16)8-7-19-6-5-18-4-3-17-2/h3-11H2,1-2H3. The first-order valence-electron chi connectivity index (χ1n) is 6.76. The number of rotatable bonds is 11. The maximum absolute atomic E-state index is 12.0. The number of methoxy groups -OCH3 is 1. The maximum Gasteiger partial charge on any atom is 0.154 e. The summed E-state index contributed by atoms with van der Waals surface area (Å²) in [5.74, 6) is -0.0808. The number of ether oxygens (including phenoxy) is 4. The zero-order valence-corrected chi connectivity index (χ0v) is 14.1. The molecule has 0 radical (unpaired) electrons. The van der Waals surface area contributed by atoms with Gasteiger partial charge in [0.1, 0.15) is 6.73 Å². The van der Waals surface area contributed by atoms with Gasteiger partial charge < -0.3 is 18.9 Å². The van der Waals surface area contributed by atoms with Gasteiger partial charge in [0.15, 0.2) is 9.84 Å². The molecule has 0 bridgehead atoms. The molecule has 0 aromatic heterocycles. The minimum atomic E-state index is -3.25. The van der Waals surface area contributed by atoms with Gasteiger partial charge in [0, 0.05) is 7.11 Å². The molecule has 1 fully saturated rings. The van der Waals surface area contributed by atoms with E-state index in [9.17, 15) is 8.42 Å². The van der Waals surface area contributed by atoms with Crippen molar-refractivity contribution in [2.45, 2.75) is 12.5 Å². The first-order valence-corrected chi connectivity index (χ1v) is 8.92. The van der Waals surface area contributed by atoms with E-state index in [1.165, 1.54) is 4.42 Å². The van der Waals surface area contributed by atoms with Crippen molar-refractivity contribution < 1.29 is 27.4 Å². The Kier molecular flexibility index (Phi) is 8.40. The molecular formula is C12H24ClNO6S. The molecule has 9 heteroatoms. The van der Waals surface area contributed by atoms with Crippen LogP contribution in [0.3, 0.4) is 0 Å². The first-order chi connectivity index (χ1) is 9.90. The third kappa shape index (κ3) is 7.23. The van der Waals surface area contributed by atoms with Crippen LogP contribution in [0.2, 0.25) is 0 Å². The van der Waals surface area contributed by atoms with E-state index < -0.39 is 15.4 Å². The SMILES string of the molecule is COCCOCCOCCS(=O)(=O)CC1(C)COCN1Cl. The van der Waals surface area contributed by atoms with Crippen LogP contribution in [0.25, 0.3) is 0 Å². The molecule has 21 heavy (non-hydrogen) atoms. The summed E-state index contributed by atoms with van der Waals surface area (Å²) in [7, 11) is -1.65. The van der Waals surface area contributed by atoms with Crippen LogP contribution in [0.1, 0.15) is 6.92 Å². The Labute approximate surface area is 131 Å². The Morgan fingerprint density at radius 1 is 1.19 bits per heavy atom. The van der Waals surface area contributed by atoms with Crippen LogP contribution >= 0.6 is 11.8 Å². The van der Waals surface area contributed by atoms with Crippen molar-refractivity contribution in [1.29, 1.82) is 0 Å². The van der Waals surface area contributed by atoms with Crippen LogP contribution in [0.4, 0.5) is 0 Å². The molecule has 126 valence electrons. The summed E-state index contributed by atoms with van der Waals surface area (Å²) in [6.07, 6.45) is 0. The third-order valence-corrected chi connectivity index (χ3v) is 5.43. The van der Waals surface area contributed by atoms with Gasteiger partial charge in [-0.05, 0) is 18.7 Å². The van der Waals surface area contributed by atoms with Gasteiger partial charge in [-0.15, -0.1) is 0 Å². The molecule has 0 spiro atoms. The zero-order valence-electron chi connectivity index (χ0n) is 12.5. The minimum absolute atomic E-state index is 0.0363. The van der Waals surface area contributed by atoms with Crippen molar-refractivity contribution >= 4 is 21.6 Å². The lowest BCUT2D eigenvalue weighted by Crippen LogP contribution is -2.44.